The van der Waals surface area contributed by atoms with Crippen molar-refractivity contribution in [2.45, 2.75) is 13.5 Å². The van der Waals surface area contributed by atoms with Gasteiger partial charge in [0.15, 0.2) is 11.5 Å². The first kappa shape index (κ1) is 21.6. The van der Waals surface area contributed by atoms with E-state index < -0.39 is 11.8 Å². The predicted molar refractivity (Wildman–Crippen MR) is 107 cm³/mol. The average Bonchev–Trinajstić information content (AvgIpc) is 2.71. The van der Waals surface area contributed by atoms with Gasteiger partial charge in [0.1, 0.15) is 12.4 Å². The van der Waals surface area contributed by atoms with Gasteiger partial charge in [-0.3, -0.25) is 9.59 Å². The molecule has 8 heteroatoms. The largest absolute Gasteiger partial charge is 0.490 e. The van der Waals surface area contributed by atoms with Gasteiger partial charge < -0.3 is 14.8 Å². The first-order valence-electron chi connectivity index (χ1n) is 8.89. The highest BCUT2D eigenvalue weighted by Gasteiger charge is 2.11. The second-order valence-corrected chi connectivity index (χ2v) is 5.76. The van der Waals surface area contributed by atoms with Crippen LogP contribution in [0.15, 0.2) is 60.2 Å². The van der Waals surface area contributed by atoms with E-state index in [-0.39, 0.29) is 19.0 Å². The maximum Gasteiger partial charge on any atom is 0.329 e. The zero-order valence-electron chi connectivity index (χ0n) is 16.0. The molecule has 2 amide bonds. The molecule has 2 aromatic rings. The lowest BCUT2D eigenvalue weighted by atomic mass is 10.2. The van der Waals surface area contributed by atoms with E-state index in [1.54, 1.807) is 30.3 Å². The number of nitrogens with zero attached hydrogens (tertiary/aromatic N) is 1. The van der Waals surface area contributed by atoms with Gasteiger partial charge >= 0.3 is 11.8 Å². The van der Waals surface area contributed by atoms with Crippen LogP contribution in [0, 0.1) is 5.82 Å². The van der Waals surface area contributed by atoms with Crippen LogP contribution in [0.4, 0.5) is 4.39 Å². The highest BCUT2D eigenvalue weighted by molar-refractivity contribution is 6.35. The van der Waals surface area contributed by atoms with Crippen molar-refractivity contribution in [2.24, 2.45) is 5.10 Å². The summed E-state index contributed by atoms with van der Waals surface area (Å²) in [7, 11) is 0. The van der Waals surface area contributed by atoms with Gasteiger partial charge in [0, 0.05) is 6.54 Å². The summed E-state index contributed by atoms with van der Waals surface area (Å²) in [4.78, 5) is 23.0. The van der Waals surface area contributed by atoms with Gasteiger partial charge in [-0.15, -0.1) is 6.58 Å². The molecule has 0 unspecified atom stereocenters. The molecule has 0 radical (unpaired) electrons. The van der Waals surface area contributed by atoms with Crippen LogP contribution in [0.5, 0.6) is 11.5 Å². The topological polar surface area (TPSA) is 89.0 Å². The Labute approximate surface area is 168 Å². The molecule has 2 N–H and O–H groups in total. The summed E-state index contributed by atoms with van der Waals surface area (Å²) < 4.78 is 24.6. The summed E-state index contributed by atoms with van der Waals surface area (Å²) in [5, 5.41) is 6.10. The Bertz CT molecular complexity index is 899. The number of hydrazone groups is 1. The standard InChI is InChI=1S/C21H22FN3O4/c1-3-10-23-20(26)21(27)25-24-13-15-8-9-18(19(12-15)28-4-2)29-14-16-6-5-7-17(22)11-16/h3,5-9,11-13H,1,4,10,14H2,2H3,(H,23,26)(H,25,27)/b24-13-. The fourth-order valence-electron chi connectivity index (χ4n) is 2.24. The number of carbonyl (C=O) groups excluding carboxylic acids is 2. The predicted octanol–water partition coefficient (Wildman–Crippen LogP) is 2.56. The first-order chi connectivity index (χ1) is 14.0. The van der Waals surface area contributed by atoms with Gasteiger partial charge in [0.25, 0.3) is 0 Å². The molecule has 0 aromatic heterocycles. The van der Waals surface area contributed by atoms with Crippen molar-refractivity contribution >= 4 is 18.0 Å². The summed E-state index contributed by atoms with van der Waals surface area (Å²) in [5.41, 5.74) is 3.45. The van der Waals surface area contributed by atoms with E-state index in [1.165, 1.54) is 24.4 Å². The number of rotatable bonds is 9. The van der Waals surface area contributed by atoms with E-state index in [1.807, 2.05) is 6.92 Å². The van der Waals surface area contributed by atoms with Gasteiger partial charge in [0.2, 0.25) is 0 Å². The minimum atomic E-state index is -0.886. The number of benzene rings is 2. The van der Waals surface area contributed by atoms with Crippen LogP contribution in [-0.2, 0) is 16.2 Å². The van der Waals surface area contributed by atoms with Crippen LogP contribution in [0.25, 0.3) is 0 Å². The molecule has 0 fully saturated rings. The van der Waals surface area contributed by atoms with E-state index >= 15 is 0 Å². The maximum absolute atomic E-state index is 13.3. The quantitative estimate of drug-likeness (QED) is 0.294. The van der Waals surface area contributed by atoms with Gasteiger partial charge in [-0.1, -0.05) is 18.2 Å². The molecule has 0 saturated carbocycles. The van der Waals surface area contributed by atoms with Crippen LogP contribution in [0.3, 0.4) is 0 Å². The lowest BCUT2D eigenvalue weighted by Crippen LogP contribution is -2.37. The third-order valence-corrected chi connectivity index (χ3v) is 3.54. The summed E-state index contributed by atoms with van der Waals surface area (Å²) in [6, 6.07) is 11.2. The molecule has 0 bridgehead atoms. The summed E-state index contributed by atoms with van der Waals surface area (Å²) in [6.07, 6.45) is 2.83. The van der Waals surface area contributed by atoms with E-state index in [0.29, 0.717) is 29.2 Å². The summed E-state index contributed by atoms with van der Waals surface area (Å²) >= 11 is 0. The Morgan fingerprint density at radius 1 is 1.14 bits per heavy atom. The first-order valence-corrected chi connectivity index (χ1v) is 8.89. The SMILES string of the molecule is C=CCNC(=O)C(=O)N/N=C\c1ccc(OCc2cccc(F)c2)c(OCC)c1. The number of carbonyl (C=O) groups is 2. The number of halogens is 1. The van der Waals surface area contributed by atoms with Crippen molar-refractivity contribution in [3.63, 3.8) is 0 Å². The maximum atomic E-state index is 13.3. The number of hydrogen-bond donors (Lipinski definition) is 2. The summed E-state index contributed by atoms with van der Waals surface area (Å²) in [6.45, 7) is 6.06. The number of hydrogen-bond acceptors (Lipinski definition) is 5. The molecule has 0 spiro atoms. The number of nitrogens with one attached hydrogen (secondary N) is 2. The Balaban J connectivity index is 2.01. The van der Waals surface area contributed by atoms with Crippen LogP contribution in [-0.4, -0.2) is 31.2 Å². The van der Waals surface area contributed by atoms with Crippen LogP contribution >= 0.6 is 0 Å². The molecule has 0 aliphatic rings. The Hall–Kier alpha value is -3.68. The van der Waals surface area contributed by atoms with Gasteiger partial charge in [-0.2, -0.15) is 5.10 Å². The van der Waals surface area contributed by atoms with Gasteiger partial charge in [0.05, 0.1) is 12.8 Å². The summed E-state index contributed by atoms with van der Waals surface area (Å²) in [5.74, 6) is -1.06. The third kappa shape index (κ3) is 7.10. The molecule has 0 saturated heterocycles. The number of amides is 2. The molecular weight excluding hydrogens is 377 g/mol. The minimum Gasteiger partial charge on any atom is -0.490 e. The van der Waals surface area contributed by atoms with Crippen molar-refractivity contribution in [2.75, 3.05) is 13.2 Å². The van der Waals surface area contributed by atoms with Crippen LogP contribution in [0.2, 0.25) is 0 Å². The molecule has 29 heavy (non-hydrogen) atoms. The lowest BCUT2D eigenvalue weighted by molar-refractivity contribution is -0.139. The van der Waals surface area contributed by atoms with Crippen LogP contribution in [0.1, 0.15) is 18.1 Å². The van der Waals surface area contributed by atoms with Crippen molar-refractivity contribution in [1.29, 1.82) is 0 Å². The van der Waals surface area contributed by atoms with E-state index in [9.17, 15) is 14.0 Å². The average molecular weight is 399 g/mol. The van der Waals surface area contributed by atoms with E-state index in [4.69, 9.17) is 9.47 Å². The minimum absolute atomic E-state index is 0.182. The van der Waals surface area contributed by atoms with E-state index in [0.717, 1.165) is 0 Å². The molecule has 7 nitrogen and oxygen atoms in total. The molecular formula is C21H22FN3O4. The highest BCUT2D eigenvalue weighted by Crippen LogP contribution is 2.29. The molecule has 0 heterocycles. The molecule has 0 aliphatic heterocycles. The Morgan fingerprint density at radius 3 is 2.69 bits per heavy atom. The molecule has 2 aromatic carbocycles. The zero-order chi connectivity index (χ0) is 21.1. The Kier molecular flexibility index (Phi) is 8.37. The lowest BCUT2D eigenvalue weighted by Gasteiger charge is -2.12. The highest BCUT2D eigenvalue weighted by atomic mass is 19.1. The fourth-order valence-corrected chi connectivity index (χ4v) is 2.24. The Morgan fingerprint density at radius 2 is 1.97 bits per heavy atom. The second kappa shape index (κ2) is 11.2. The molecule has 0 atom stereocenters. The van der Waals surface area contributed by atoms with E-state index in [2.05, 4.69) is 22.4 Å². The smallest absolute Gasteiger partial charge is 0.329 e. The van der Waals surface area contributed by atoms with Crippen molar-refractivity contribution < 1.29 is 23.5 Å². The third-order valence-electron chi connectivity index (χ3n) is 3.54. The second-order valence-electron chi connectivity index (χ2n) is 5.76. The number of ether oxygens (including phenoxy) is 2. The van der Waals surface area contributed by atoms with Gasteiger partial charge in [-0.25, -0.2) is 9.82 Å². The van der Waals surface area contributed by atoms with Crippen molar-refractivity contribution in [1.82, 2.24) is 10.7 Å². The normalized spacial score (nSPS) is 10.4. The molecule has 0 aliphatic carbocycles. The van der Waals surface area contributed by atoms with Crippen molar-refractivity contribution in [3.05, 3.63) is 72.1 Å². The van der Waals surface area contributed by atoms with Gasteiger partial charge in [-0.05, 0) is 48.4 Å². The zero-order valence-corrected chi connectivity index (χ0v) is 16.0. The molecule has 2 rings (SSSR count). The van der Waals surface area contributed by atoms with Crippen molar-refractivity contribution in [3.8, 4) is 11.5 Å². The fraction of sp³-hybridized carbons (Fsp3) is 0.190. The molecule has 152 valence electrons. The monoisotopic (exact) mass is 399 g/mol. The van der Waals surface area contributed by atoms with Crippen LogP contribution < -0.4 is 20.2 Å².